The Morgan fingerprint density at radius 2 is 1.67 bits per heavy atom. The average molecular weight is 292 g/mol. The van der Waals surface area contributed by atoms with E-state index in [0.29, 0.717) is 11.5 Å². The van der Waals surface area contributed by atoms with Crippen molar-refractivity contribution in [1.29, 1.82) is 0 Å². The van der Waals surface area contributed by atoms with Gasteiger partial charge in [-0.1, -0.05) is 0 Å². The fourth-order valence-electron chi connectivity index (χ4n) is 1.90. The first-order valence-corrected chi connectivity index (χ1v) is 6.37. The molecular weight excluding hydrogens is 276 g/mol. The Balaban J connectivity index is 2.10. The molecule has 0 fully saturated rings. The van der Waals surface area contributed by atoms with E-state index in [4.69, 9.17) is 19.7 Å². The Labute approximate surface area is 120 Å². The van der Waals surface area contributed by atoms with Gasteiger partial charge in [0.05, 0.1) is 38.1 Å². The van der Waals surface area contributed by atoms with Crippen LogP contribution in [0.15, 0.2) is 45.6 Å². The molecule has 112 valence electrons. The van der Waals surface area contributed by atoms with Gasteiger partial charge in [-0.25, -0.2) is 0 Å². The molecular formula is C14H16N2O5. The Kier molecular flexibility index (Phi) is 4.78. The lowest BCUT2D eigenvalue weighted by Crippen LogP contribution is -2.44. The maximum Gasteiger partial charge on any atom is 0.305 e. The lowest BCUT2D eigenvalue weighted by Gasteiger charge is -2.23. The lowest BCUT2D eigenvalue weighted by molar-refractivity contribution is -0.142. The number of furan rings is 2. The van der Waals surface area contributed by atoms with Gasteiger partial charge in [-0.3, -0.25) is 9.59 Å². The third kappa shape index (κ3) is 4.22. The molecule has 2 aromatic rings. The highest BCUT2D eigenvalue weighted by molar-refractivity contribution is 5.85. The Morgan fingerprint density at radius 3 is 2.05 bits per heavy atom. The monoisotopic (exact) mass is 292 g/mol. The van der Waals surface area contributed by atoms with Crippen LogP contribution in [0.25, 0.3) is 0 Å². The van der Waals surface area contributed by atoms with Gasteiger partial charge < -0.3 is 24.6 Å². The van der Waals surface area contributed by atoms with Gasteiger partial charge in [-0.2, -0.15) is 0 Å². The van der Waals surface area contributed by atoms with Crippen molar-refractivity contribution in [3.8, 4) is 0 Å². The van der Waals surface area contributed by atoms with Crippen LogP contribution in [-0.4, -0.2) is 27.9 Å². The second kappa shape index (κ2) is 6.76. The average Bonchev–Trinajstić information content (AvgIpc) is 3.09. The highest BCUT2D eigenvalue weighted by atomic mass is 16.4. The number of aliphatic carboxylic acids is 1. The van der Waals surface area contributed by atoms with E-state index in [1.165, 1.54) is 17.4 Å². The van der Waals surface area contributed by atoms with Crippen LogP contribution in [0, 0.1) is 0 Å². The SMILES string of the molecule is NC(CC(=O)O)C(=O)N(Cc1ccco1)Cc1ccco1. The molecule has 2 aromatic heterocycles. The molecule has 0 aromatic carbocycles. The van der Waals surface area contributed by atoms with Crippen molar-refractivity contribution >= 4 is 11.9 Å². The summed E-state index contributed by atoms with van der Waals surface area (Å²) in [5, 5.41) is 8.74. The minimum Gasteiger partial charge on any atom is -0.481 e. The number of rotatable bonds is 7. The van der Waals surface area contributed by atoms with E-state index in [1.807, 2.05) is 0 Å². The van der Waals surface area contributed by atoms with Crippen molar-refractivity contribution in [2.75, 3.05) is 0 Å². The van der Waals surface area contributed by atoms with Crippen LogP contribution >= 0.6 is 0 Å². The summed E-state index contributed by atoms with van der Waals surface area (Å²) in [5.41, 5.74) is 5.64. The molecule has 0 bridgehead atoms. The molecule has 0 saturated carbocycles. The summed E-state index contributed by atoms with van der Waals surface area (Å²) in [6.07, 6.45) is 2.58. The molecule has 0 saturated heterocycles. The van der Waals surface area contributed by atoms with Gasteiger partial charge in [0.1, 0.15) is 11.5 Å². The van der Waals surface area contributed by atoms with Crippen LogP contribution in [0.3, 0.4) is 0 Å². The van der Waals surface area contributed by atoms with Crippen molar-refractivity contribution in [1.82, 2.24) is 4.90 Å². The van der Waals surface area contributed by atoms with E-state index < -0.39 is 24.3 Å². The largest absolute Gasteiger partial charge is 0.481 e. The number of nitrogens with zero attached hydrogens (tertiary/aromatic N) is 1. The molecule has 21 heavy (non-hydrogen) atoms. The van der Waals surface area contributed by atoms with Crippen LogP contribution < -0.4 is 5.73 Å². The molecule has 0 radical (unpaired) electrons. The molecule has 1 amide bonds. The zero-order chi connectivity index (χ0) is 15.2. The van der Waals surface area contributed by atoms with Gasteiger partial charge in [-0.05, 0) is 24.3 Å². The number of carboxylic acid groups (broad SMARTS) is 1. The molecule has 0 aliphatic heterocycles. The van der Waals surface area contributed by atoms with Crippen LogP contribution in [0.4, 0.5) is 0 Å². The third-order valence-corrected chi connectivity index (χ3v) is 2.88. The minimum atomic E-state index is -1.12. The van der Waals surface area contributed by atoms with E-state index >= 15 is 0 Å². The lowest BCUT2D eigenvalue weighted by atomic mass is 10.2. The summed E-state index contributed by atoms with van der Waals surface area (Å²) in [6, 6.07) is 5.77. The predicted molar refractivity (Wildman–Crippen MR) is 71.9 cm³/mol. The number of hydrogen-bond acceptors (Lipinski definition) is 5. The van der Waals surface area contributed by atoms with Crippen molar-refractivity contribution in [3.63, 3.8) is 0 Å². The molecule has 1 unspecified atom stereocenters. The van der Waals surface area contributed by atoms with Crippen molar-refractivity contribution in [2.24, 2.45) is 5.73 Å². The first-order chi connectivity index (χ1) is 10.1. The van der Waals surface area contributed by atoms with Gasteiger partial charge in [0.25, 0.3) is 0 Å². The van der Waals surface area contributed by atoms with Gasteiger partial charge >= 0.3 is 5.97 Å². The van der Waals surface area contributed by atoms with E-state index in [9.17, 15) is 9.59 Å². The van der Waals surface area contributed by atoms with Crippen LogP contribution in [0.2, 0.25) is 0 Å². The van der Waals surface area contributed by atoms with Crippen molar-refractivity contribution in [2.45, 2.75) is 25.6 Å². The topological polar surface area (TPSA) is 110 Å². The first-order valence-electron chi connectivity index (χ1n) is 6.37. The maximum absolute atomic E-state index is 12.3. The highest BCUT2D eigenvalue weighted by Crippen LogP contribution is 2.13. The summed E-state index contributed by atoms with van der Waals surface area (Å²) in [7, 11) is 0. The van der Waals surface area contributed by atoms with Crippen LogP contribution in [0.5, 0.6) is 0 Å². The van der Waals surface area contributed by atoms with Crippen LogP contribution in [0.1, 0.15) is 17.9 Å². The summed E-state index contributed by atoms with van der Waals surface area (Å²) in [4.78, 5) is 24.4. The summed E-state index contributed by atoms with van der Waals surface area (Å²) in [5.74, 6) is -0.424. The molecule has 2 heterocycles. The van der Waals surface area contributed by atoms with Gasteiger partial charge in [0.2, 0.25) is 5.91 Å². The Hall–Kier alpha value is -2.54. The molecule has 0 aliphatic rings. The quantitative estimate of drug-likeness (QED) is 0.793. The summed E-state index contributed by atoms with van der Waals surface area (Å²) in [6.45, 7) is 0.389. The van der Waals surface area contributed by atoms with Crippen LogP contribution in [-0.2, 0) is 22.7 Å². The van der Waals surface area contributed by atoms with Gasteiger partial charge in [-0.15, -0.1) is 0 Å². The fraction of sp³-hybridized carbons (Fsp3) is 0.286. The number of amides is 1. The Morgan fingerprint density at radius 1 is 1.14 bits per heavy atom. The maximum atomic E-state index is 12.3. The Bertz CT molecular complexity index is 540. The zero-order valence-electron chi connectivity index (χ0n) is 11.3. The van der Waals surface area contributed by atoms with Crippen molar-refractivity contribution < 1.29 is 23.5 Å². The molecule has 3 N–H and O–H groups in total. The molecule has 0 aliphatic carbocycles. The van der Waals surface area contributed by atoms with Gasteiger partial charge in [0.15, 0.2) is 0 Å². The summed E-state index contributed by atoms with van der Waals surface area (Å²) < 4.78 is 10.4. The number of hydrogen-bond donors (Lipinski definition) is 2. The first kappa shape index (κ1) is 14.9. The fourth-order valence-corrected chi connectivity index (χ4v) is 1.90. The number of carboxylic acids is 1. The molecule has 7 heteroatoms. The highest BCUT2D eigenvalue weighted by Gasteiger charge is 2.24. The zero-order valence-corrected chi connectivity index (χ0v) is 11.3. The third-order valence-electron chi connectivity index (χ3n) is 2.88. The van der Waals surface area contributed by atoms with E-state index in [0.717, 1.165) is 0 Å². The van der Waals surface area contributed by atoms with E-state index in [-0.39, 0.29) is 13.1 Å². The second-order valence-corrected chi connectivity index (χ2v) is 4.56. The van der Waals surface area contributed by atoms with Crippen molar-refractivity contribution in [3.05, 3.63) is 48.3 Å². The van der Waals surface area contributed by atoms with E-state index in [2.05, 4.69) is 0 Å². The molecule has 2 rings (SSSR count). The number of nitrogens with two attached hydrogens (primary N) is 1. The molecule has 0 spiro atoms. The number of carbonyl (C=O) groups excluding carboxylic acids is 1. The van der Waals surface area contributed by atoms with Gasteiger partial charge in [0, 0.05) is 0 Å². The normalized spacial score (nSPS) is 12.0. The van der Waals surface area contributed by atoms with E-state index in [1.54, 1.807) is 24.3 Å². The number of carbonyl (C=O) groups is 2. The predicted octanol–water partition coefficient (Wildman–Crippen LogP) is 1.20. The standard InChI is InChI=1S/C14H16N2O5/c15-12(7-13(17)18)14(19)16(8-10-3-1-5-20-10)9-11-4-2-6-21-11/h1-6,12H,7-9,15H2,(H,17,18). The smallest absolute Gasteiger partial charge is 0.305 e. The molecule has 7 nitrogen and oxygen atoms in total. The molecule has 1 atom stereocenters. The minimum absolute atomic E-state index is 0.194. The second-order valence-electron chi connectivity index (χ2n) is 4.56. The summed E-state index contributed by atoms with van der Waals surface area (Å²) >= 11 is 0.